The Kier molecular flexibility index (Phi) is 4.70. The number of anilines is 1. The van der Waals surface area contributed by atoms with Crippen LogP contribution >= 0.6 is 0 Å². The maximum absolute atomic E-state index is 12.5. The Balaban J connectivity index is 1.68. The molecule has 7 heteroatoms. The zero-order valence-electron chi connectivity index (χ0n) is 15.2. The van der Waals surface area contributed by atoms with Gasteiger partial charge in [-0.15, -0.1) is 0 Å². The molecule has 1 saturated carbocycles. The van der Waals surface area contributed by atoms with Crippen LogP contribution in [0.5, 0.6) is 0 Å². The number of pyridine rings is 1. The van der Waals surface area contributed by atoms with Gasteiger partial charge in [0.05, 0.1) is 12.2 Å². The number of hydrogen-bond acceptors (Lipinski definition) is 4. The van der Waals surface area contributed by atoms with E-state index in [0.29, 0.717) is 11.3 Å². The third kappa shape index (κ3) is 3.53. The summed E-state index contributed by atoms with van der Waals surface area (Å²) in [6, 6.07) is 11.8. The van der Waals surface area contributed by atoms with Crippen molar-refractivity contribution in [2.75, 3.05) is 5.32 Å². The molecule has 0 bridgehead atoms. The molecule has 2 amide bonds. The van der Waals surface area contributed by atoms with Crippen LogP contribution in [0.25, 0.3) is 0 Å². The number of carboxylic acids is 1. The molecule has 3 N–H and O–H groups in total. The molecule has 1 fully saturated rings. The average Bonchev–Trinajstić information content (AvgIpc) is 3.25. The molecule has 0 radical (unpaired) electrons. The van der Waals surface area contributed by atoms with E-state index in [1.807, 2.05) is 6.07 Å². The summed E-state index contributed by atoms with van der Waals surface area (Å²) >= 11 is 0. The predicted molar refractivity (Wildman–Crippen MR) is 98.9 cm³/mol. The van der Waals surface area contributed by atoms with Gasteiger partial charge in [-0.1, -0.05) is 26.0 Å². The minimum Gasteiger partial charge on any atom is -0.480 e. The number of carbonyl (C=O) groups excluding carboxylic acids is 2. The van der Waals surface area contributed by atoms with Gasteiger partial charge in [-0.3, -0.25) is 19.4 Å². The van der Waals surface area contributed by atoms with Gasteiger partial charge < -0.3 is 15.7 Å². The number of rotatable bonds is 6. The Hall–Kier alpha value is -3.22. The van der Waals surface area contributed by atoms with Crippen LogP contribution < -0.4 is 10.6 Å². The maximum atomic E-state index is 12.5. The molecular formula is C20H21N3O4. The number of nitrogens with zero attached hydrogens (tertiary/aromatic N) is 1. The molecule has 3 rings (SSSR count). The number of aliphatic carboxylic acids is 1. The van der Waals surface area contributed by atoms with Crippen LogP contribution in [-0.4, -0.2) is 27.9 Å². The summed E-state index contributed by atoms with van der Waals surface area (Å²) in [5.74, 6) is -2.00. The Morgan fingerprint density at radius 2 is 1.89 bits per heavy atom. The van der Waals surface area contributed by atoms with Gasteiger partial charge >= 0.3 is 5.97 Å². The number of amides is 2. The van der Waals surface area contributed by atoms with Crippen molar-refractivity contribution in [3.8, 4) is 0 Å². The highest BCUT2D eigenvalue weighted by Gasteiger charge is 2.72. The molecule has 1 heterocycles. The highest BCUT2D eigenvalue weighted by molar-refractivity contribution is 6.12. The molecule has 1 aliphatic rings. The lowest BCUT2D eigenvalue weighted by Crippen LogP contribution is -2.35. The van der Waals surface area contributed by atoms with Crippen molar-refractivity contribution < 1.29 is 19.5 Å². The second-order valence-electron chi connectivity index (χ2n) is 7.31. The van der Waals surface area contributed by atoms with E-state index in [-0.39, 0.29) is 18.9 Å². The van der Waals surface area contributed by atoms with Crippen LogP contribution in [0.1, 0.15) is 36.3 Å². The molecule has 0 spiro atoms. The van der Waals surface area contributed by atoms with Gasteiger partial charge in [-0.05, 0) is 42.2 Å². The molecule has 7 nitrogen and oxygen atoms in total. The lowest BCUT2D eigenvalue weighted by atomic mass is 9.95. The minimum absolute atomic E-state index is 0.283. The van der Waals surface area contributed by atoms with Gasteiger partial charge in [0.25, 0.3) is 5.91 Å². The summed E-state index contributed by atoms with van der Waals surface area (Å²) in [6.45, 7) is 3.79. The summed E-state index contributed by atoms with van der Waals surface area (Å²) in [5, 5.41) is 14.9. The first-order chi connectivity index (χ1) is 12.8. The lowest BCUT2D eigenvalue weighted by Gasteiger charge is -2.16. The molecule has 1 atom stereocenters. The number of nitrogens with one attached hydrogen (secondary N) is 2. The Morgan fingerprint density at radius 3 is 2.48 bits per heavy atom. The van der Waals surface area contributed by atoms with E-state index in [2.05, 4.69) is 15.6 Å². The average molecular weight is 367 g/mol. The molecule has 27 heavy (non-hydrogen) atoms. The largest absolute Gasteiger partial charge is 0.480 e. The van der Waals surface area contributed by atoms with Crippen molar-refractivity contribution in [2.24, 2.45) is 10.8 Å². The number of aromatic nitrogens is 1. The number of carboxylic acid groups (broad SMARTS) is 1. The summed E-state index contributed by atoms with van der Waals surface area (Å²) in [4.78, 5) is 40.6. The Bertz CT molecular complexity index is 895. The molecule has 140 valence electrons. The maximum Gasteiger partial charge on any atom is 0.319 e. The van der Waals surface area contributed by atoms with E-state index in [1.165, 1.54) is 6.07 Å². The third-order valence-corrected chi connectivity index (χ3v) is 5.03. The Morgan fingerprint density at radius 1 is 1.15 bits per heavy atom. The monoisotopic (exact) mass is 367 g/mol. The standard InChI is InChI=1S/C20H21N3O4/c1-19(2)12-20(19,18(26)27)17(25)23-14-8-5-6-13(10-14)16(24)22-11-15-7-3-4-9-21-15/h3-10H,11-12H2,1-2H3,(H,22,24)(H,23,25)(H,26,27). The first-order valence-corrected chi connectivity index (χ1v) is 8.59. The lowest BCUT2D eigenvalue weighted by molar-refractivity contribution is -0.149. The zero-order chi connectivity index (χ0) is 19.7. The molecule has 0 saturated heterocycles. The highest BCUT2D eigenvalue weighted by atomic mass is 16.4. The number of hydrogen-bond donors (Lipinski definition) is 3. The zero-order valence-corrected chi connectivity index (χ0v) is 15.2. The van der Waals surface area contributed by atoms with Crippen LogP contribution in [0.15, 0.2) is 48.7 Å². The molecular weight excluding hydrogens is 346 g/mol. The van der Waals surface area contributed by atoms with E-state index < -0.39 is 22.7 Å². The third-order valence-electron chi connectivity index (χ3n) is 5.03. The minimum atomic E-state index is -1.43. The Labute approximate surface area is 156 Å². The van der Waals surface area contributed by atoms with Gasteiger partial charge in [0, 0.05) is 17.4 Å². The summed E-state index contributed by atoms with van der Waals surface area (Å²) in [7, 11) is 0. The summed E-state index contributed by atoms with van der Waals surface area (Å²) in [5.41, 5.74) is -0.545. The van der Waals surface area contributed by atoms with Crippen LogP contribution in [-0.2, 0) is 16.1 Å². The van der Waals surface area contributed by atoms with E-state index in [9.17, 15) is 19.5 Å². The normalized spacial score (nSPS) is 19.8. The summed E-state index contributed by atoms with van der Waals surface area (Å²) < 4.78 is 0. The second-order valence-corrected chi connectivity index (χ2v) is 7.31. The molecule has 0 aliphatic heterocycles. The topological polar surface area (TPSA) is 108 Å². The van der Waals surface area contributed by atoms with Crippen molar-refractivity contribution >= 4 is 23.5 Å². The van der Waals surface area contributed by atoms with E-state index in [0.717, 1.165) is 5.69 Å². The SMILES string of the molecule is CC1(C)CC1(C(=O)O)C(=O)Nc1cccc(C(=O)NCc2ccccn2)c1. The first-order valence-electron chi connectivity index (χ1n) is 8.59. The van der Waals surface area contributed by atoms with Crippen LogP contribution in [0.4, 0.5) is 5.69 Å². The van der Waals surface area contributed by atoms with Crippen molar-refractivity contribution in [3.05, 3.63) is 59.9 Å². The van der Waals surface area contributed by atoms with Gasteiger partial charge in [-0.2, -0.15) is 0 Å². The van der Waals surface area contributed by atoms with Crippen molar-refractivity contribution in [1.29, 1.82) is 0 Å². The van der Waals surface area contributed by atoms with Gasteiger partial charge in [0.1, 0.15) is 0 Å². The fourth-order valence-corrected chi connectivity index (χ4v) is 3.22. The van der Waals surface area contributed by atoms with Crippen LogP contribution in [0.2, 0.25) is 0 Å². The fraction of sp³-hybridized carbons (Fsp3) is 0.300. The van der Waals surface area contributed by atoms with E-state index in [4.69, 9.17) is 0 Å². The van der Waals surface area contributed by atoms with Crippen molar-refractivity contribution in [1.82, 2.24) is 10.3 Å². The van der Waals surface area contributed by atoms with Crippen LogP contribution in [0.3, 0.4) is 0 Å². The van der Waals surface area contributed by atoms with E-state index >= 15 is 0 Å². The van der Waals surface area contributed by atoms with Crippen molar-refractivity contribution in [2.45, 2.75) is 26.8 Å². The highest BCUT2D eigenvalue weighted by Crippen LogP contribution is 2.64. The number of benzene rings is 1. The molecule has 1 aromatic carbocycles. The van der Waals surface area contributed by atoms with E-state index in [1.54, 1.807) is 50.4 Å². The molecule has 1 unspecified atom stereocenters. The molecule has 2 aromatic rings. The van der Waals surface area contributed by atoms with Crippen LogP contribution in [0, 0.1) is 10.8 Å². The van der Waals surface area contributed by atoms with Gasteiger partial charge in [0.15, 0.2) is 5.41 Å². The quantitative estimate of drug-likeness (QED) is 0.680. The van der Waals surface area contributed by atoms with Crippen molar-refractivity contribution in [3.63, 3.8) is 0 Å². The van der Waals surface area contributed by atoms with Gasteiger partial charge in [0.2, 0.25) is 5.91 Å². The molecule has 1 aromatic heterocycles. The first kappa shape index (κ1) is 18.6. The summed E-state index contributed by atoms with van der Waals surface area (Å²) in [6.07, 6.45) is 1.93. The number of carbonyl (C=O) groups is 3. The second kappa shape index (κ2) is 6.83. The van der Waals surface area contributed by atoms with Gasteiger partial charge in [-0.25, -0.2) is 0 Å². The smallest absolute Gasteiger partial charge is 0.319 e. The fourth-order valence-electron chi connectivity index (χ4n) is 3.22. The predicted octanol–water partition coefficient (Wildman–Crippen LogP) is 2.45. The molecule has 1 aliphatic carbocycles.